The van der Waals surface area contributed by atoms with E-state index in [4.69, 9.17) is 15.0 Å². The number of alkyl halides is 1. The quantitative estimate of drug-likeness (QED) is 0.0719. The van der Waals surface area contributed by atoms with Gasteiger partial charge in [0.2, 0.25) is 0 Å². The van der Waals surface area contributed by atoms with Gasteiger partial charge in [0.1, 0.15) is 6.54 Å². The number of halogens is 2. The first-order valence-corrected chi connectivity index (χ1v) is 17.4. The highest BCUT2D eigenvalue weighted by atomic mass is 79.9. The van der Waals surface area contributed by atoms with Crippen LogP contribution in [0.4, 0.5) is 0 Å². The van der Waals surface area contributed by atoms with Crippen LogP contribution in [0.5, 0.6) is 0 Å². The van der Waals surface area contributed by atoms with Crippen molar-refractivity contribution in [2.24, 2.45) is 4.99 Å². The smallest absolute Gasteiger partial charge is 0.300 e. The third-order valence-electron chi connectivity index (χ3n) is 4.88. The summed E-state index contributed by atoms with van der Waals surface area (Å²) in [5, 5.41) is 19.5. The van der Waals surface area contributed by atoms with Gasteiger partial charge in [-0.3, -0.25) is 39.1 Å². The molecule has 0 aliphatic heterocycles. The number of thiocarbonyl (C=S) groups is 1. The number of isothiocyanates is 1. The Bertz CT molecular complexity index is 1730. The number of aliphatic hydroxyl groups excluding tert-OH is 1. The minimum absolute atomic E-state index is 0.0508. The lowest BCUT2D eigenvalue weighted by Gasteiger charge is -1.93. The third kappa shape index (κ3) is 22.9. The summed E-state index contributed by atoms with van der Waals surface area (Å²) in [5.41, 5.74) is 3.89. The molecular formula is C34H34Br2N6O6S2. The van der Waals surface area contributed by atoms with Crippen molar-refractivity contribution >= 4 is 83.9 Å². The Morgan fingerprint density at radius 3 is 1.58 bits per heavy atom. The molecule has 0 spiro atoms. The molecule has 5 rings (SSSR count). The molecule has 5 aromatic heterocycles. The predicted molar refractivity (Wildman–Crippen MR) is 204 cm³/mol. The molecule has 16 heteroatoms. The zero-order chi connectivity index (χ0) is 37.6. The van der Waals surface area contributed by atoms with Crippen LogP contribution in [-0.2, 0) is 4.79 Å². The van der Waals surface area contributed by atoms with E-state index < -0.39 is 5.97 Å². The predicted octanol–water partition coefficient (Wildman–Crippen LogP) is 7.37. The van der Waals surface area contributed by atoms with Gasteiger partial charge in [0.15, 0.2) is 21.3 Å². The number of carbonyl (C=O) groups excluding carboxylic acids is 3. The number of hydrogen-bond acceptors (Lipinski definition) is 13. The molecule has 0 saturated carbocycles. The fraction of sp³-hybridized carbons (Fsp3) is 0.176. The number of nitrogens with zero attached hydrogens (tertiary/aromatic N) is 6. The van der Waals surface area contributed by atoms with Gasteiger partial charge in [-0.05, 0) is 90.5 Å². The SMILES string of the molecule is Brc1nc(-c2cccnc2)cs1.CC(=O)O.CC(=O)c1cccnc1.CCO.O=C(CBr)c1cccnc1.O=C(CN=C=S)c1cccnc1. The number of thiazole rings is 1. The van der Waals surface area contributed by atoms with Gasteiger partial charge in [0.25, 0.3) is 5.97 Å². The standard InChI is InChI=1S/C8H5BrN2S.C8H6N2OS.C7H6BrNO.C7H7NO.C2H4O2.C2H6O/c9-8-11-7(5-12-8)6-2-1-3-10-4-6;11-8(5-10-6-12)7-2-1-3-9-4-7;8-4-7(10)6-2-1-3-9-5-6;1-6(9)7-3-2-4-8-5-7;1-2(3)4;1-2-3/h1-5H;1-4H,5H2;1-3,5H,4H2;2-5H,1H3;1H3,(H,3,4);3H,2H2,1H3. The molecular weight excluding hydrogens is 812 g/mol. The van der Waals surface area contributed by atoms with Crippen molar-refractivity contribution in [2.75, 3.05) is 18.5 Å². The zero-order valence-corrected chi connectivity index (χ0v) is 32.0. The lowest BCUT2D eigenvalue weighted by molar-refractivity contribution is -0.134. The molecule has 2 N–H and O–H groups in total. The molecule has 0 aliphatic carbocycles. The van der Waals surface area contributed by atoms with E-state index in [-0.39, 0.29) is 30.5 Å². The molecule has 0 atom stereocenters. The second-order valence-electron chi connectivity index (χ2n) is 8.73. The maximum Gasteiger partial charge on any atom is 0.300 e. The molecule has 50 heavy (non-hydrogen) atoms. The number of hydrogen-bond donors (Lipinski definition) is 2. The number of aliphatic carboxylic acids is 1. The molecule has 0 aliphatic rings. The summed E-state index contributed by atoms with van der Waals surface area (Å²) in [6.07, 6.45) is 13.1. The largest absolute Gasteiger partial charge is 0.481 e. The van der Waals surface area contributed by atoms with E-state index in [1.807, 2.05) is 23.7 Å². The van der Waals surface area contributed by atoms with Gasteiger partial charge in [-0.2, -0.15) is 0 Å². The van der Waals surface area contributed by atoms with E-state index >= 15 is 0 Å². The first kappa shape index (κ1) is 45.4. The van der Waals surface area contributed by atoms with E-state index in [1.165, 1.54) is 13.1 Å². The topological polar surface area (TPSA) is 186 Å². The van der Waals surface area contributed by atoms with Gasteiger partial charge in [0.05, 0.1) is 16.2 Å². The minimum Gasteiger partial charge on any atom is -0.481 e. The molecule has 0 aromatic carbocycles. The highest BCUT2D eigenvalue weighted by molar-refractivity contribution is 9.11. The average Bonchev–Trinajstić information content (AvgIpc) is 3.59. The van der Waals surface area contributed by atoms with Gasteiger partial charge < -0.3 is 10.2 Å². The molecule has 0 saturated heterocycles. The van der Waals surface area contributed by atoms with Gasteiger partial charge in [-0.25, -0.2) is 9.98 Å². The maximum atomic E-state index is 11.2. The summed E-state index contributed by atoms with van der Waals surface area (Å²) in [7, 11) is 0. The number of rotatable bonds is 7. The average molecular weight is 847 g/mol. The molecule has 0 bridgehead atoms. The van der Waals surface area contributed by atoms with Crippen LogP contribution in [0.3, 0.4) is 0 Å². The van der Waals surface area contributed by atoms with Crippen molar-refractivity contribution in [3.8, 4) is 11.3 Å². The van der Waals surface area contributed by atoms with Crippen LogP contribution in [0, 0.1) is 0 Å². The molecule has 0 radical (unpaired) electrons. The number of pyridine rings is 4. The van der Waals surface area contributed by atoms with Crippen molar-refractivity contribution in [3.05, 3.63) is 124 Å². The number of carboxylic acid groups (broad SMARTS) is 1. The first-order chi connectivity index (χ1) is 24.0. The third-order valence-corrected chi connectivity index (χ3v) is 6.88. The van der Waals surface area contributed by atoms with E-state index in [9.17, 15) is 14.4 Å². The van der Waals surface area contributed by atoms with Crippen LogP contribution in [0.25, 0.3) is 11.3 Å². The Kier molecular flexibility index (Phi) is 26.7. The Morgan fingerprint density at radius 1 is 0.820 bits per heavy atom. The molecule has 12 nitrogen and oxygen atoms in total. The van der Waals surface area contributed by atoms with Crippen molar-refractivity contribution in [3.63, 3.8) is 0 Å². The van der Waals surface area contributed by atoms with Crippen molar-refractivity contribution in [1.82, 2.24) is 24.9 Å². The number of carboxylic acids is 1. The highest BCUT2D eigenvalue weighted by Crippen LogP contribution is 2.23. The number of aliphatic imine (C=N–C) groups is 1. The monoisotopic (exact) mass is 844 g/mol. The maximum absolute atomic E-state index is 11.2. The van der Waals surface area contributed by atoms with Crippen LogP contribution in [0.1, 0.15) is 51.8 Å². The number of aliphatic hydroxyl groups is 1. The summed E-state index contributed by atoms with van der Waals surface area (Å²) >= 11 is 12.3. The Morgan fingerprint density at radius 2 is 1.26 bits per heavy atom. The first-order valence-electron chi connectivity index (χ1n) is 14.2. The molecule has 5 aromatic rings. The molecule has 5 heterocycles. The van der Waals surface area contributed by atoms with E-state index in [0.717, 1.165) is 22.1 Å². The lowest BCUT2D eigenvalue weighted by atomic mass is 10.2. The van der Waals surface area contributed by atoms with Crippen LogP contribution >= 0.6 is 55.4 Å². The molecule has 0 fully saturated rings. The number of Topliss-reactive ketones (excluding diaryl/α,β-unsaturated/α-hetero) is 3. The summed E-state index contributed by atoms with van der Waals surface area (Å²) in [4.78, 5) is 64.9. The number of ketones is 3. The fourth-order valence-electron chi connectivity index (χ4n) is 2.80. The van der Waals surface area contributed by atoms with E-state index in [0.29, 0.717) is 22.0 Å². The Hall–Kier alpha value is -4.57. The van der Waals surface area contributed by atoms with E-state index in [2.05, 4.69) is 79.2 Å². The Balaban J connectivity index is 0.000000605. The summed E-state index contributed by atoms with van der Waals surface area (Å²) in [6.45, 7) is 4.59. The van der Waals surface area contributed by atoms with Crippen LogP contribution in [0.15, 0.2) is 112 Å². The minimum atomic E-state index is -0.833. The fourth-order valence-corrected chi connectivity index (χ4v) is 4.21. The lowest BCUT2D eigenvalue weighted by Crippen LogP contribution is -2.02. The van der Waals surface area contributed by atoms with Gasteiger partial charge >= 0.3 is 0 Å². The van der Waals surface area contributed by atoms with Gasteiger partial charge in [-0.1, -0.05) is 15.9 Å². The normalized spacial score (nSPS) is 8.84. The number of carbonyl (C=O) groups is 4. The molecule has 262 valence electrons. The van der Waals surface area contributed by atoms with Crippen LogP contribution < -0.4 is 0 Å². The van der Waals surface area contributed by atoms with Gasteiger partial charge in [-0.15, -0.1) is 11.3 Å². The summed E-state index contributed by atoms with van der Waals surface area (Å²) in [5.74, 6) is -0.809. The second kappa shape index (κ2) is 29.4. The van der Waals surface area contributed by atoms with Crippen molar-refractivity contribution in [2.45, 2.75) is 20.8 Å². The van der Waals surface area contributed by atoms with Crippen LogP contribution in [0.2, 0.25) is 0 Å². The number of aromatic nitrogens is 5. The second-order valence-corrected chi connectivity index (χ2v) is 11.6. The van der Waals surface area contributed by atoms with Crippen molar-refractivity contribution in [1.29, 1.82) is 0 Å². The zero-order valence-electron chi connectivity index (χ0n) is 27.2. The Labute approximate surface area is 316 Å². The molecule has 0 unspecified atom stereocenters. The van der Waals surface area contributed by atoms with Gasteiger partial charge in [0, 0.05) is 90.7 Å². The van der Waals surface area contributed by atoms with E-state index in [1.54, 1.807) is 91.8 Å². The highest BCUT2D eigenvalue weighted by Gasteiger charge is 2.03. The summed E-state index contributed by atoms with van der Waals surface area (Å²) < 4.78 is 0.904. The van der Waals surface area contributed by atoms with Crippen molar-refractivity contribution < 1.29 is 29.4 Å². The summed E-state index contributed by atoms with van der Waals surface area (Å²) in [6, 6.07) is 14.3. The van der Waals surface area contributed by atoms with Crippen LogP contribution in [-0.4, -0.2) is 82.1 Å². The molecule has 0 amide bonds.